The number of amides is 2. The number of rotatable bonds is 5. The quantitative estimate of drug-likeness (QED) is 0.713. The molecule has 0 saturated heterocycles. The molecule has 0 saturated carbocycles. The summed E-state index contributed by atoms with van der Waals surface area (Å²) in [5.41, 5.74) is 3.03. The van der Waals surface area contributed by atoms with Crippen LogP contribution in [0.4, 0.5) is 15.6 Å². The van der Waals surface area contributed by atoms with Crippen LogP contribution in [0.25, 0.3) is 0 Å². The number of aromatic nitrogens is 2. The molecule has 6 nitrogen and oxygen atoms in total. The van der Waals surface area contributed by atoms with Crippen molar-refractivity contribution in [3.05, 3.63) is 64.7 Å². The first-order chi connectivity index (χ1) is 12.1. The van der Waals surface area contributed by atoms with Crippen molar-refractivity contribution in [2.24, 2.45) is 0 Å². The zero-order valence-electron chi connectivity index (χ0n) is 13.9. The second-order valence-corrected chi connectivity index (χ2v) is 6.54. The fraction of sp³-hybridized carbons (Fsp3) is 0.167. The monoisotopic (exact) mass is 354 g/mol. The third-order valence-corrected chi connectivity index (χ3v) is 4.37. The Hall–Kier alpha value is -2.93. The van der Waals surface area contributed by atoms with Gasteiger partial charge < -0.3 is 10.1 Å². The fourth-order valence-corrected chi connectivity index (χ4v) is 2.75. The predicted molar refractivity (Wildman–Crippen MR) is 99.2 cm³/mol. The van der Waals surface area contributed by atoms with Gasteiger partial charge in [-0.1, -0.05) is 35.6 Å². The summed E-state index contributed by atoms with van der Waals surface area (Å²) in [6, 6.07) is 14.9. The summed E-state index contributed by atoms with van der Waals surface area (Å²) >= 11 is 1.28. The van der Waals surface area contributed by atoms with Crippen molar-refractivity contribution in [2.75, 3.05) is 10.6 Å². The van der Waals surface area contributed by atoms with Crippen LogP contribution in [0, 0.1) is 13.8 Å². The Kier molecular flexibility index (Phi) is 5.25. The molecule has 3 aromatic rings. The van der Waals surface area contributed by atoms with E-state index in [1.807, 2.05) is 62.4 Å². The first-order valence-corrected chi connectivity index (χ1v) is 8.57. The third kappa shape index (κ3) is 4.77. The molecule has 0 atom stereocenters. The highest BCUT2D eigenvalue weighted by Crippen LogP contribution is 2.19. The van der Waals surface area contributed by atoms with Crippen LogP contribution >= 0.6 is 11.3 Å². The van der Waals surface area contributed by atoms with E-state index < -0.39 is 0 Å². The Morgan fingerprint density at radius 2 is 1.84 bits per heavy atom. The molecule has 2 amide bonds. The van der Waals surface area contributed by atoms with Crippen molar-refractivity contribution in [1.82, 2.24) is 10.2 Å². The summed E-state index contributed by atoms with van der Waals surface area (Å²) in [6.07, 6.45) is 0. The van der Waals surface area contributed by atoms with Crippen LogP contribution in [0.2, 0.25) is 0 Å². The Morgan fingerprint density at radius 1 is 1.04 bits per heavy atom. The van der Waals surface area contributed by atoms with E-state index in [1.165, 1.54) is 16.9 Å². The first kappa shape index (κ1) is 16.9. The van der Waals surface area contributed by atoms with Crippen molar-refractivity contribution in [1.29, 1.82) is 0 Å². The van der Waals surface area contributed by atoms with Gasteiger partial charge in [-0.2, -0.15) is 0 Å². The molecule has 0 aliphatic heterocycles. The molecule has 0 aliphatic rings. The van der Waals surface area contributed by atoms with Crippen LogP contribution in [0.5, 0.6) is 5.75 Å². The van der Waals surface area contributed by atoms with Gasteiger partial charge in [0.15, 0.2) is 5.01 Å². The number of para-hydroxylation sites is 1. The minimum Gasteiger partial charge on any atom is -0.486 e. The van der Waals surface area contributed by atoms with E-state index in [1.54, 1.807) is 0 Å². The van der Waals surface area contributed by atoms with E-state index in [-0.39, 0.29) is 6.03 Å². The number of hydrogen-bond acceptors (Lipinski definition) is 5. The maximum absolute atomic E-state index is 12.1. The molecule has 2 N–H and O–H groups in total. The van der Waals surface area contributed by atoms with E-state index in [4.69, 9.17) is 4.74 Å². The van der Waals surface area contributed by atoms with E-state index in [0.29, 0.717) is 16.7 Å². The zero-order valence-corrected chi connectivity index (χ0v) is 14.8. The topological polar surface area (TPSA) is 76.1 Å². The number of carbonyl (C=O) groups excluding carboxylic acids is 1. The Labute approximate surface area is 149 Å². The number of ether oxygens (including phenoxy) is 1. The van der Waals surface area contributed by atoms with Gasteiger partial charge >= 0.3 is 6.03 Å². The lowest BCUT2D eigenvalue weighted by Gasteiger charge is -2.07. The summed E-state index contributed by atoms with van der Waals surface area (Å²) in [5, 5.41) is 14.6. The number of nitrogens with one attached hydrogen (secondary N) is 2. The van der Waals surface area contributed by atoms with Crippen LogP contribution < -0.4 is 15.4 Å². The van der Waals surface area contributed by atoms with Gasteiger partial charge in [0.05, 0.1) is 0 Å². The summed E-state index contributed by atoms with van der Waals surface area (Å²) in [7, 11) is 0. The smallest absolute Gasteiger partial charge is 0.325 e. The number of benzene rings is 2. The van der Waals surface area contributed by atoms with Crippen LogP contribution in [-0.2, 0) is 6.61 Å². The molecule has 1 aromatic heterocycles. The van der Waals surface area contributed by atoms with Gasteiger partial charge in [-0.25, -0.2) is 4.79 Å². The van der Waals surface area contributed by atoms with Crippen molar-refractivity contribution >= 4 is 28.2 Å². The van der Waals surface area contributed by atoms with Gasteiger partial charge in [-0.15, -0.1) is 10.2 Å². The van der Waals surface area contributed by atoms with Crippen LogP contribution in [0.3, 0.4) is 0 Å². The molecule has 0 spiro atoms. The minimum absolute atomic E-state index is 0.308. The second-order valence-electron chi connectivity index (χ2n) is 5.48. The molecule has 25 heavy (non-hydrogen) atoms. The number of nitrogens with zero attached hydrogens (tertiary/aromatic N) is 2. The van der Waals surface area contributed by atoms with Crippen molar-refractivity contribution in [2.45, 2.75) is 20.5 Å². The molecule has 3 rings (SSSR count). The summed E-state index contributed by atoms with van der Waals surface area (Å²) < 4.78 is 5.61. The van der Waals surface area contributed by atoms with Crippen molar-refractivity contribution in [3.63, 3.8) is 0 Å². The SMILES string of the molecule is Cc1ccc(NC(=O)Nc2nnc(COc3ccccc3)s2)cc1C. The first-order valence-electron chi connectivity index (χ1n) is 7.75. The van der Waals surface area contributed by atoms with Crippen LogP contribution in [0.15, 0.2) is 48.5 Å². The van der Waals surface area contributed by atoms with E-state index in [2.05, 4.69) is 20.8 Å². The van der Waals surface area contributed by atoms with E-state index in [0.717, 1.165) is 17.0 Å². The third-order valence-electron chi connectivity index (χ3n) is 3.56. The molecule has 0 bridgehead atoms. The average molecular weight is 354 g/mol. The lowest BCUT2D eigenvalue weighted by atomic mass is 10.1. The maximum Gasteiger partial charge on any atom is 0.325 e. The molecular weight excluding hydrogens is 336 g/mol. The normalized spacial score (nSPS) is 10.3. The Morgan fingerprint density at radius 3 is 2.60 bits per heavy atom. The molecule has 128 valence electrons. The van der Waals surface area contributed by atoms with Crippen LogP contribution in [-0.4, -0.2) is 16.2 Å². The number of anilines is 2. The highest BCUT2D eigenvalue weighted by atomic mass is 32.1. The average Bonchev–Trinajstić information content (AvgIpc) is 3.04. The highest BCUT2D eigenvalue weighted by Gasteiger charge is 2.09. The number of aryl methyl sites for hydroxylation is 2. The molecular formula is C18H18N4O2S. The van der Waals surface area contributed by atoms with Crippen molar-refractivity contribution in [3.8, 4) is 5.75 Å². The number of carbonyl (C=O) groups is 1. The molecule has 0 radical (unpaired) electrons. The Balaban J connectivity index is 1.53. The Bertz CT molecular complexity index is 865. The molecule has 0 unspecified atom stereocenters. The lowest BCUT2D eigenvalue weighted by molar-refractivity contribution is 0.262. The second kappa shape index (κ2) is 7.76. The maximum atomic E-state index is 12.1. The summed E-state index contributed by atoms with van der Waals surface area (Å²) in [6.45, 7) is 4.34. The van der Waals surface area contributed by atoms with Crippen molar-refractivity contribution < 1.29 is 9.53 Å². The number of hydrogen-bond donors (Lipinski definition) is 2. The van der Waals surface area contributed by atoms with Gasteiger partial charge in [-0.3, -0.25) is 5.32 Å². The van der Waals surface area contributed by atoms with Gasteiger partial charge in [0, 0.05) is 5.69 Å². The zero-order chi connectivity index (χ0) is 17.6. The highest BCUT2D eigenvalue weighted by molar-refractivity contribution is 7.15. The lowest BCUT2D eigenvalue weighted by Crippen LogP contribution is -2.19. The van der Waals surface area contributed by atoms with Gasteiger partial charge in [0.2, 0.25) is 5.13 Å². The molecule has 0 aliphatic carbocycles. The minimum atomic E-state index is -0.352. The van der Waals surface area contributed by atoms with Gasteiger partial charge in [-0.05, 0) is 49.2 Å². The van der Waals surface area contributed by atoms with Crippen LogP contribution in [0.1, 0.15) is 16.1 Å². The van der Waals surface area contributed by atoms with E-state index >= 15 is 0 Å². The molecule has 2 aromatic carbocycles. The van der Waals surface area contributed by atoms with Gasteiger partial charge in [0.1, 0.15) is 12.4 Å². The molecule has 0 fully saturated rings. The largest absolute Gasteiger partial charge is 0.486 e. The molecule has 7 heteroatoms. The number of urea groups is 1. The fourth-order valence-electron chi connectivity index (χ4n) is 2.10. The summed E-state index contributed by atoms with van der Waals surface area (Å²) in [4.78, 5) is 12.1. The van der Waals surface area contributed by atoms with Gasteiger partial charge in [0.25, 0.3) is 0 Å². The summed E-state index contributed by atoms with van der Waals surface area (Å²) in [5.74, 6) is 0.764. The van der Waals surface area contributed by atoms with E-state index in [9.17, 15) is 4.79 Å². The standard InChI is InChI=1S/C18H18N4O2S/c1-12-8-9-14(10-13(12)2)19-17(23)20-18-22-21-16(25-18)11-24-15-6-4-3-5-7-15/h3-10H,11H2,1-2H3,(H2,19,20,22,23). The molecule has 1 heterocycles. The predicted octanol–water partition coefficient (Wildman–Crippen LogP) is 4.38.